The maximum absolute atomic E-state index is 13.6. The van der Waals surface area contributed by atoms with Crippen LogP contribution in [0.25, 0.3) is 5.65 Å². The number of nitriles is 1. The zero-order valence-corrected chi connectivity index (χ0v) is 9.68. The molecule has 0 radical (unpaired) electrons. The van der Waals surface area contributed by atoms with E-state index < -0.39 is 11.8 Å². The number of carbonyl (C=O) groups excluding carboxylic acids is 1. The average Bonchev–Trinajstić information content (AvgIpc) is 2.71. The largest absolute Gasteiger partial charge is 0.461 e. The summed E-state index contributed by atoms with van der Waals surface area (Å²) in [5.41, 5.74) is 0.347. The Morgan fingerprint density at radius 1 is 1.67 bits per heavy atom. The Kier molecular flexibility index (Phi) is 3.24. The molecule has 92 valence electrons. The second kappa shape index (κ2) is 4.84. The zero-order chi connectivity index (χ0) is 13.1. The topological polar surface area (TPSA) is 67.4 Å². The Morgan fingerprint density at radius 2 is 2.44 bits per heavy atom. The molecule has 6 heteroatoms. The van der Waals surface area contributed by atoms with Crippen molar-refractivity contribution in [1.82, 2.24) is 9.38 Å². The van der Waals surface area contributed by atoms with Gasteiger partial charge in [0, 0.05) is 6.20 Å². The number of hydrogen-bond acceptors (Lipinski definition) is 4. The molecule has 0 aliphatic heterocycles. The maximum atomic E-state index is 13.6. The van der Waals surface area contributed by atoms with E-state index in [2.05, 4.69) is 4.98 Å². The van der Waals surface area contributed by atoms with Crippen LogP contribution in [0.1, 0.15) is 23.1 Å². The molecule has 2 heterocycles. The Bertz CT molecular complexity index is 643. The van der Waals surface area contributed by atoms with Crippen molar-refractivity contribution in [3.05, 3.63) is 35.5 Å². The Labute approximate surface area is 102 Å². The summed E-state index contributed by atoms with van der Waals surface area (Å²) in [6.45, 7) is 1.86. The van der Waals surface area contributed by atoms with Crippen LogP contribution < -0.4 is 0 Å². The standard InChI is InChI=1S/C12H10FN3O2/c1-2-18-12(17)10-9(5-6-14)16-7-3-4-8(13)11(16)15-10/h3-4,7H,2,5H2,1H3. The number of rotatable bonds is 3. The monoisotopic (exact) mass is 247 g/mol. The van der Waals surface area contributed by atoms with Crippen molar-refractivity contribution >= 4 is 11.6 Å². The number of imidazole rings is 1. The number of hydrogen-bond donors (Lipinski definition) is 0. The first-order valence-electron chi connectivity index (χ1n) is 5.38. The lowest BCUT2D eigenvalue weighted by atomic mass is 10.2. The van der Waals surface area contributed by atoms with Gasteiger partial charge in [-0.1, -0.05) is 0 Å². The Balaban J connectivity index is 2.65. The molecule has 0 aliphatic carbocycles. The van der Waals surface area contributed by atoms with Gasteiger partial charge in [-0.05, 0) is 19.1 Å². The van der Waals surface area contributed by atoms with Gasteiger partial charge in [-0.3, -0.25) is 4.40 Å². The molecule has 18 heavy (non-hydrogen) atoms. The lowest BCUT2D eigenvalue weighted by Gasteiger charge is -2.00. The van der Waals surface area contributed by atoms with Crippen molar-refractivity contribution in [2.45, 2.75) is 13.3 Å². The highest BCUT2D eigenvalue weighted by Crippen LogP contribution is 2.16. The molecule has 0 aromatic carbocycles. The number of halogens is 1. The molecule has 0 saturated heterocycles. The van der Waals surface area contributed by atoms with Crippen molar-refractivity contribution < 1.29 is 13.9 Å². The normalized spacial score (nSPS) is 10.3. The minimum absolute atomic E-state index is 0.0106. The predicted molar refractivity (Wildman–Crippen MR) is 60.4 cm³/mol. The zero-order valence-electron chi connectivity index (χ0n) is 9.68. The van der Waals surface area contributed by atoms with Gasteiger partial charge in [-0.25, -0.2) is 14.2 Å². The van der Waals surface area contributed by atoms with Crippen LogP contribution in [0.3, 0.4) is 0 Å². The summed E-state index contributed by atoms with van der Waals surface area (Å²) in [7, 11) is 0. The number of ether oxygens (including phenoxy) is 1. The van der Waals surface area contributed by atoms with Crippen LogP contribution in [0.15, 0.2) is 18.3 Å². The number of aromatic nitrogens is 2. The highest BCUT2D eigenvalue weighted by Gasteiger charge is 2.21. The third-order valence-electron chi connectivity index (χ3n) is 2.42. The minimum Gasteiger partial charge on any atom is -0.461 e. The van der Waals surface area contributed by atoms with Gasteiger partial charge in [0.1, 0.15) is 0 Å². The first-order valence-corrected chi connectivity index (χ1v) is 5.38. The fourth-order valence-electron chi connectivity index (χ4n) is 1.69. The average molecular weight is 247 g/mol. The second-order valence-electron chi connectivity index (χ2n) is 3.51. The summed E-state index contributed by atoms with van der Waals surface area (Å²) in [5.74, 6) is -1.20. The third-order valence-corrected chi connectivity index (χ3v) is 2.42. The van der Waals surface area contributed by atoms with Crippen molar-refractivity contribution in [1.29, 1.82) is 5.26 Å². The van der Waals surface area contributed by atoms with Crippen LogP contribution in [-0.4, -0.2) is 22.0 Å². The highest BCUT2D eigenvalue weighted by molar-refractivity contribution is 5.89. The van der Waals surface area contributed by atoms with E-state index >= 15 is 0 Å². The Morgan fingerprint density at radius 3 is 3.11 bits per heavy atom. The van der Waals surface area contributed by atoms with Crippen molar-refractivity contribution in [2.24, 2.45) is 0 Å². The SMILES string of the molecule is CCOC(=O)c1nc2c(F)cccn2c1CC#N. The molecule has 2 rings (SSSR count). The van der Waals surface area contributed by atoms with Crippen LogP contribution >= 0.6 is 0 Å². The van der Waals surface area contributed by atoms with E-state index in [4.69, 9.17) is 10.00 Å². The number of carbonyl (C=O) groups is 1. The van der Waals surface area contributed by atoms with Gasteiger partial charge in [0.05, 0.1) is 24.8 Å². The summed E-state index contributed by atoms with van der Waals surface area (Å²) >= 11 is 0. The first kappa shape index (κ1) is 12.0. The molecule has 0 atom stereocenters. The van der Waals surface area contributed by atoms with Gasteiger partial charge in [-0.15, -0.1) is 0 Å². The van der Waals surface area contributed by atoms with E-state index in [1.807, 2.05) is 6.07 Å². The molecule has 5 nitrogen and oxygen atoms in total. The Hall–Kier alpha value is -2.42. The highest BCUT2D eigenvalue weighted by atomic mass is 19.1. The van der Waals surface area contributed by atoms with Crippen molar-refractivity contribution in [3.63, 3.8) is 0 Å². The molecule has 0 fully saturated rings. The molecule has 0 aliphatic rings. The number of pyridine rings is 1. The lowest BCUT2D eigenvalue weighted by Crippen LogP contribution is -2.08. The molecule has 0 N–H and O–H groups in total. The van der Waals surface area contributed by atoms with E-state index in [9.17, 15) is 9.18 Å². The van der Waals surface area contributed by atoms with Gasteiger partial charge >= 0.3 is 5.97 Å². The van der Waals surface area contributed by atoms with Gasteiger partial charge in [0.15, 0.2) is 17.2 Å². The van der Waals surface area contributed by atoms with Crippen LogP contribution in [0.2, 0.25) is 0 Å². The third kappa shape index (κ3) is 1.91. The summed E-state index contributed by atoms with van der Waals surface area (Å²) in [4.78, 5) is 15.6. The fourth-order valence-corrected chi connectivity index (χ4v) is 1.69. The van der Waals surface area contributed by atoms with Crippen molar-refractivity contribution in [2.75, 3.05) is 6.61 Å². The summed E-state index contributed by atoms with van der Waals surface area (Å²) in [6.07, 6.45) is 1.51. The van der Waals surface area contributed by atoms with Gasteiger partial charge in [0.25, 0.3) is 0 Å². The molecule has 0 spiro atoms. The number of esters is 1. The van der Waals surface area contributed by atoms with Crippen LogP contribution in [0, 0.1) is 17.1 Å². The van der Waals surface area contributed by atoms with Crippen LogP contribution in [-0.2, 0) is 11.2 Å². The molecule has 2 aromatic rings. The molecular weight excluding hydrogens is 237 g/mol. The second-order valence-corrected chi connectivity index (χ2v) is 3.51. The molecular formula is C12H10FN3O2. The van der Waals surface area contributed by atoms with Gasteiger partial charge in [0.2, 0.25) is 0 Å². The molecule has 0 bridgehead atoms. The molecule has 0 saturated carbocycles. The quantitative estimate of drug-likeness (QED) is 0.774. The lowest BCUT2D eigenvalue weighted by molar-refractivity contribution is 0.0519. The summed E-state index contributed by atoms with van der Waals surface area (Å²) in [5, 5.41) is 8.77. The number of fused-ring (bicyclic) bond motifs is 1. The van der Waals surface area contributed by atoms with Crippen LogP contribution in [0.5, 0.6) is 0 Å². The predicted octanol–water partition coefficient (Wildman–Crippen LogP) is 1.72. The summed E-state index contributed by atoms with van der Waals surface area (Å²) < 4.78 is 19.8. The van der Waals surface area contributed by atoms with E-state index in [1.165, 1.54) is 16.5 Å². The van der Waals surface area contributed by atoms with E-state index in [0.717, 1.165) is 0 Å². The molecule has 2 aromatic heterocycles. The summed E-state index contributed by atoms with van der Waals surface area (Å²) in [6, 6.07) is 4.66. The van der Waals surface area contributed by atoms with E-state index in [0.29, 0.717) is 5.69 Å². The first-order chi connectivity index (χ1) is 8.69. The van der Waals surface area contributed by atoms with Crippen LogP contribution in [0.4, 0.5) is 4.39 Å². The van der Waals surface area contributed by atoms with Gasteiger partial charge < -0.3 is 4.74 Å². The smallest absolute Gasteiger partial charge is 0.358 e. The van der Waals surface area contributed by atoms with E-state index in [1.54, 1.807) is 13.1 Å². The van der Waals surface area contributed by atoms with Crippen molar-refractivity contribution in [3.8, 4) is 6.07 Å². The maximum Gasteiger partial charge on any atom is 0.358 e. The van der Waals surface area contributed by atoms with Gasteiger partial charge in [-0.2, -0.15) is 5.26 Å². The fraction of sp³-hybridized carbons (Fsp3) is 0.250. The minimum atomic E-state index is -0.647. The molecule has 0 amide bonds. The molecule has 0 unspecified atom stereocenters. The number of nitrogens with zero attached hydrogens (tertiary/aromatic N) is 3. The van der Waals surface area contributed by atoms with E-state index in [-0.39, 0.29) is 24.4 Å².